The summed E-state index contributed by atoms with van der Waals surface area (Å²) in [5.41, 5.74) is 9.18. The Labute approximate surface area is 119 Å². The Morgan fingerprint density at radius 2 is 1.63 bits per heavy atom. The second kappa shape index (κ2) is 7.13. The summed E-state index contributed by atoms with van der Waals surface area (Å²) in [5.74, 6) is 0. The summed E-state index contributed by atoms with van der Waals surface area (Å²) in [6.07, 6.45) is 6.25. The molecule has 0 saturated carbocycles. The molecule has 2 heteroatoms. The van der Waals surface area contributed by atoms with Crippen molar-refractivity contribution in [2.45, 2.75) is 12.8 Å². The summed E-state index contributed by atoms with van der Waals surface area (Å²) in [6, 6.07) is 16.4. The Balaban J connectivity index is 2.10. The third kappa shape index (κ3) is 4.55. The zero-order valence-electron chi connectivity index (χ0n) is 10.9. The van der Waals surface area contributed by atoms with E-state index in [9.17, 15) is 0 Å². The molecule has 19 heavy (non-hydrogen) atoms. The van der Waals surface area contributed by atoms with Gasteiger partial charge in [0.05, 0.1) is 0 Å². The molecule has 0 radical (unpaired) electrons. The van der Waals surface area contributed by atoms with Gasteiger partial charge in [-0.3, -0.25) is 0 Å². The van der Waals surface area contributed by atoms with Gasteiger partial charge >= 0.3 is 0 Å². The molecule has 2 aromatic carbocycles. The standard InChI is InChI=1S/C17H18ClN/c18-17-8-2-6-16(13-17)10-9-15-5-1-4-14(12-15)7-3-11-19/h1-2,4-6,8-10,12-13H,3,7,11,19H2/b10-9+. The van der Waals surface area contributed by atoms with Crippen LogP contribution < -0.4 is 5.73 Å². The first-order valence-electron chi connectivity index (χ1n) is 6.50. The Kier molecular flexibility index (Phi) is 5.20. The molecule has 0 aliphatic heterocycles. The van der Waals surface area contributed by atoms with Gasteiger partial charge in [-0.25, -0.2) is 0 Å². The van der Waals surface area contributed by atoms with Crippen molar-refractivity contribution < 1.29 is 0 Å². The van der Waals surface area contributed by atoms with Crippen molar-refractivity contribution in [1.82, 2.24) is 0 Å². The average molecular weight is 272 g/mol. The van der Waals surface area contributed by atoms with Crippen LogP contribution in [0.15, 0.2) is 48.5 Å². The van der Waals surface area contributed by atoms with Crippen LogP contribution in [0.3, 0.4) is 0 Å². The van der Waals surface area contributed by atoms with E-state index in [1.165, 1.54) is 11.1 Å². The van der Waals surface area contributed by atoms with E-state index in [4.69, 9.17) is 17.3 Å². The van der Waals surface area contributed by atoms with Crippen LogP contribution in [-0.4, -0.2) is 6.54 Å². The number of hydrogen-bond donors (Lipinski definition) is 1. The van der Waals surface area contributed by atoms with Crippen LogP contribution >= 0.6 is 11.6 Å². The smallest absolute Gasteiger partial charge is 0.0411 e. The first-order chi connectivity index (χ1) is 9.28. The molecule has 0 atom stereocenters. The average Bonchev–Trinajstić information content (AvgIpc) is 2.43. The first kappa shape index (κ1) is 13.9. The fraction of sp³-hybridized carbons (Fsp3) is 0.176. The van der Waals surface area contributed by atoms with Crippen LogP contribution in [0.4, 0.5) is 0 Å². The third-order valence-corrected chi connectivity index (χ3v) is 3.17. The summed E-state index contributed by atoms with van der Waals surface area (Å²) in [7, 11) is 0. The van der Waals surface area contributed by atoms with E-state index in [0.717, 1.165) is 30.0 Å². The maximum Gasteiger partial charge on any atom is 0.0411 e. The summed E-state index contributed by atoms with van der Waals surface area (Å²) in [6.45, 7) is 0.739. The zero-order valence-corrected chi connectivity index (χ0v) is 11.6. The van der Waals surface area contributed by atoms with Crippen LogP contribution in [0.25, 0.3) is 12.2 Å². The van der Waals surface area contributed by atoms with Gasteiger partial charge in [0.25, 0.3) is 0 Å². The van der Waals surface area contributed by atoms with Crippen LogP contribution in [0.2, 0.25) is 5.02 Å². The van der Waals surface area contributed by atoms with Gasteiger partial charge in [-0.1, -0.05) is 60.2 Å². The minimum Gasteiger partial charge on any atom is -0.330 e. The second-order valence-electron chi connectivity index (χ2n) is 4.53. The second-order valence-corrected chi connectivity index (χ2v) is 4.96. The Morgan fingerprint density at radius 3 is 2.32 bits per heavy atom. The fourth-order valence-corrected chi connectivity index (χ4v) is 2.16. The van der Waals surface area contributed by atoms with Crippen molar-refractivity contribution in [2.24, 2.45) is 5.73 Å². The molecule has 0 aliphatic rings. The molecule has 98 valence electrons. The fourth-order valence-electron chi connectivity index (χ4n) is 1.96. The number of hydrogen-bond acceptors (Lipinski definition) is 1. The van der Waals surface area contributed by atoms with E-state index in [2.05, 4.69) is 36.4 Å². The van der Waals surface area contributed by atoms with Crippen LogP contribution in [0, 0.1) is 0 Å². The van der Waals surface area contributed by atoms with E-state index in [-0.39, 0.29) is 0 Å². The molecule has 0 heterocycles. The molecule has 0 spiro atoms. The molecular formula is C17H18ClN. The van der Waals surface area contributed by atoms with E-state index >= 15 is 0 Å². The lowest BCUT2D eigenvalue weighted by molar-refractivity contribution is 0.832. The van der Waals surface area contributed by atoms with E-state index in [1.807, 2.05) is 24.3 Å². The van der Waals surface area contributed by atoms with Crippen molar-refractivity contribution in [3.63, 3.8) is 0 Å². The van der Waals surface area contributed by atoms with Gasteiger partial charge in [0.15, 0.2) is 0 Å². The van der Waals surface area contributed by atoms with Gasteiger partial charge in [-0.05, 0) is 48.2 Å². The van der Waals surface area contributed by atoms with Gasteiger partial charge in [-0.15, -0.1) is 0 Å². The highest BCUT2D eigenvalue weighted by Gasteiger charge is 1.94. The number of halogens is 1. The molecule has 0 saturated heterocycles. The first-order valence-corrected chi connectivity index (χ1v) is 6.88. The molecule has 0 aliphatic carbocycles. The van der Waals surface area contributed by atoms with E-state index in [1.54, 1.807) is 0 Å². The minimum absolute atomic E-state index is 0.739. The number of nitrogens with two attached hydrogens (primary N) is 1. The molecule has 0 aromatic heterocycles. The monoisotopic (exact) mass is 271 g/mol. The quantitative estimate of drug-likeness (QED) is 0.802. The number of rotatable bonds is 5. The Morgan fingerprint density at radius 1 is 0.947 bits per heavy atom. The summed E-state index contributed by atoms with van der Waals surface area (Å²) < 4.78 is 0. The van der Waals surface area contributed by atoms with Crippen molar-refractivity contribution >= 4 is 23.8 Å². The molecule has 1 nitrogen and oxygen atoms in total. The van der Waals surface area contributed by atoms with Crippen LogP contribution in [-0.2, 0) is 6.42 Å². The van der Waals surface area contributed by atoms with Crippen LogP contribution in [0.5, 0.6) is 0 Å². The lowest BCUT2D eigenvalue weighted by Gasteiger charge is -2.01. The normalized spacial score (nSPS) is 11.1. The molecule has 2 rings (SSSR count). The molecule has 2 N–H and O–H groups in total. The lowest BCUT2D eigenvalue weighted by Crippen LogP contribution is -2.00. The van der Waals surface area contributed by atoms with Gasteiger partial charge in [-0.2, -0.15) is 0 Å². The van der Waals surface area contributed by atoms with Crippen molar-refractivity contribution in [1.29, 1.82) is 0 Å². The SMILES string of the molecule is NCCCc1cccc(/C=C/c2cccc(Cl)c2)c1. The number of benzene rings is 2. The highest BCUT2D eigenvalue weighted by atomic mass is 35.5. The molecule has 0 unspecified atom stereocenters. The predicted octanol–water partition coefficient (Wildman–Crippen LogP) is 4.40. The molecule has 0 amide bonds. The molecule has 0 bridgehead atoms. The maximum atomic E-state index is 5.96. The van der Waals surface area contributed by atoms with Gasteiger partial charge in [0.2, 0.25) is 0 Å². The van der Waals surface area contributed by atoms with Crippen molar-refractivity contribution in [2.75, 3.05) is 6.54 Å². The Hall–Kier alpha value is -1.57. The molecule has 0 fully saturated rings. The lowest BCUT2D eigenvalue weighted by atomic mass is 10.1. The third-order valence-electron chi connectivity index (χ3n) is 2.94. The minimum atomic E-state index is 0.739. The zero-order chi connectivity index (χ0) is 13.5. The molecular weight excluding hydrogens is 254 g/mol. The maximum absolute atomic E-state index is 5.96. The predicted molar refractivity (Wildman–Crippen MR) is 84.2 cm³/mol. The summed E-state index contributed by atoms with van der Waals surface area (Å²) in [5, 5.41) is 0.763. The van der Waals surface area contributed by atoms with E-state index in [0.29, 0.717) is 0 Å². The highest BCUT2D eigenvalue weighted by molar-refractivity contribution is 6.30. The van der Waals surface area contributed by atoms with Gasteiger partial charge < -0.3 is 5.73 Å². The summed E-state index contributed by atoms with van der Waals surface area (Å²) in [4.78, 5) is 0. The van der Waals surface area contributed by atoms with Crippen molar-refractivity contribution in [3.8, 4) is 0 Å². The number of aryl methyl sites for hydroxylation is 1. The topological polar surface area (TPSA) is 26.0 Å². The van der Waals surface area contributed by atoms with Gasteiger partial charge in [0.1, 0.15) is 0 Å². The molecule has 2 aromatic rings. The Bertz CT molecular complexity index is 561. The largest absolute Gasteiger partial charge is 0.330 e. The van der Waals surface area contributed by atoms with E-state index < -0.39 is 0 Å². The van der Waals surface area contributed by atoms with Gasteiger partial charge in [0, 0.05) is 5.02 Å². The van der Waals surface area contributed by atoms with Crippen molar-refractivity contribution in [3.05, 3.63) is 70.2 Å². The van der Waals surface area contributed by atoms with Crippen LogP contribution in [0.1, 0.15) is 23.1 Å². The highest BCUT2D eigenvalue weighted by Crippen LogP contribution is 2.15. The summed E-state index contributed by atoms with van der Waals surface area (Å²) >= 11 is 5.96.